The predicted octanol–water partition coefficient (Wildman–Crippen LogP) is 0.315. The Labute approximate surface area is 110 Å². The van der Waals surface area contributed by atoms with E-state index in [2.05, 4.69) is 22.1 Å². The Kier molecular flexibility index (Phi) is 4.97. The number of nitrogens with zero attached hydrogens (tertiary/aromatic N) is 2. The lowest BCUT2D eigenvalue weighted by atomic mass is 10.1. The molecule has 2 saturated heterocycles. The summed E-state index contributed by atoms with van der Waals surface area (Å²) >= 11 is 0. The van der Waals surface area contributed by atoms with Gasteiger partial charge in [0, 0.05) is 19.1 Å². The van der Waals surface area contributed by atoms with Gasteiger partial charge >= 0.3 is 0 Å². The molecule has 2 heterocycles. The molecule has 5 nitrogen and oxygen atoms in total. The van der Waals surface area contributed by atoms with Crippen LogP contribution in [0, 0.1) is 0 Å². The molecule has 2 aliphatic rings. The van der Waals surface area contributed by atoms with Crippen LogP contribution in [-0.2, 0) is 4.79 Å². The fraction of sp³-hybridized carbons (Fsp3) is 0.923. The summed E-state index contributed by atoms with van der Waals surface area (Å²) in [6, 6.07) is 0.616. The van der Waals surface area contributed by atoms with Crippen molar-refractivity contribution in [2.45, 2.75) is 51.1 Å². The molecule has 3 N–H and O–H groups in total. The maximum atomic E-state index is 11.8. The van der Waals surface area contributed by atoms with Crippen molar-refractivity contribution < 1.29 is 4.79 Å². The molecule has 5 heteroatoms. The molecule has 0 bridgehead atoms. The van der Waals surface area contributed by atoms with E-state index in [1.165, 1.54) is 32.4 Å². The Morgan fingerprint density at radius 2 is 2.11 bits per heavy atom. The van der Waals surface area contributed by atoms with Crippen LogP contribution in [0.5, 0.6) is 0 Å². The summed E-state index contributed by atoms with van der Waals surface area (Å²) in [5.41, 5.74) is 2.32. The Balaban J connectivity index is 1.90. The average molecular weight is 254 g/mol. The standard InChI is InChI=1S/C13H26N4O/c1-2-5-12(13(18)15-14)17-9-6-11(10-17)16-7-3-4-8-16/h11-12H,2-10,14H2,1H3,(H,15,18). The summed E-state index contributed by atoms with van der Waals surface area (Å²) in [7, 11) is 0. The van der Waals surface area contributed by atoms with E-state index in [0.717, 1.165) is 25.9 Å². The number of nitrogens with one attached hydrogen (secondary N) is 1. The van der Waals surface area contributed by atoms with Crippen LogP contribution in [0.1, 0.15) is 39.0 Å². The molecule has 2 atom stereocenters. The number of carbonyl (C=O) groups excluding carboxylic acids is 1. The lowest BCUT2D eigenvalue weighted by Crippen LogP contribution is -2.49. The third kappa shape index (κ3) is 3.02. The zero-order valence-electron chi connectivity index (χ0n) is 11.4. The van der Waals surface area contributed by atoms with Crippen molar-refractivity contribution in [3.8, 4) is 0 Å². The summed E-state index contributed by atoms with van der Waals surface area (Å²) in [6.45, 7) is 6.64. The second kappa shape index (κ2) is 6.50. The maximum absolute atomic E-state index is 11.8. The van der Waals surface area contributed by atoms with Crippen LogP contribution in [-0.4, -0.2) is 54.0 Å². The highest BCUT2D eigenvalue weighted by Gasteiger charge is 2.34. The van der Waals surface area contributed by atoms with Gasteiger partial charge in [0.1, 0.15) is 0 Å². The predicted molar refractivity (Wildman–Crippen MR) is 71.8 cm³/mol. The minimum Gasteiger partial charge on any atom is -0.299 e. The highest BCUT2D eigenvalue weighted by atomic mass is 16.2. The summed E-state index contributed by atoms with van der Waals surface area (Å²) in [5.74, 6) is 5.26. The number of carbonyl (C=O) groups is 1. The van der Waals surface area contributed by atoms with Gasteiger partial charge < -0.3 is 0 Å². The normalized spacial score (nSPS) is 27.6. The second-order valence-corrected chi connectivity index (χ2v) is 5.49. The van der Waals surface area contributed by atoms with Gasteiger partial charge in [-0.2, -0.15) is 0 Å². The van der Waals surface area contributed by atoms with E-state index in [-0.39, 0.29) is 11.9 Å². The minimum absolute atomic E-state index is 0.0288. The number of hydrazine groups is 1. The Morgan fingerprint density at radius 3 is 2.72 bits per heavy atom. The topological polar surface area (TPSA) is 61.6 Å². The number of hydrogen-bond acceptors (Lipinski definition) is 4. The number of likely N-dealkylation sites (tertiary alicyclic amines) is 2. The van der Waals surface area contributed by atoms with Gasteiger partial charge in [-0.1, -0.05) is 13.3 Å². The molecule has 0 aliphatic carbocycles. The number of amides is 1. The van der Waals surface area contributed by atoms with Gasteiger partial charge in [0.25, 0.3) is 5.91 Å². The van der Waals surface area contributed by atoms with E-state index in [1.54, 1.807) is 0 Å². The quantitative estimate of drug-likeness (QED) is 0.421. The van der Waals surface area contributed by atoms with E-state index >= 15 is 0 Å². The molecule has 104 valence electrons. The maximum Gasteiger partial charge on any atom is 0.251 e. The SMILES string of the molecule is CCCC(C(=O)NN)N1CCC(N2CCCC2)C1. The first-order chi connectivity index (χ1) is 8.76. The van der Waals surface area contributed by atoms with E-state index in [9.17, 15) is 4.79 Å². The summed E-state index contributed by atoms with van der Waals surface area (Å²) < 4.78 is 0. The fourth-order valence-electron chi connectivity index (χ4n) is 3.31. The van der Waals surface area contributed by atoms with Crippen LogP contribution in [0.25, 0.3) is 0 Å². The van der Waals surface area contributed by atoms with Gasteiger partial charge in [-0.05, 0) is 38.8 Å². The monoisotopic (exact) mass is 254 g/mol. The second-order valence-electron chi connectivity index (χ2n) is 5.49. The van der Waals surface area contributed by atoms with Crippen LogP contribution < -0.4 is 11.3 Å². The highest BCUT2D eigenvalue weighted by Crippen LogP contribution is 2.23. The van der Waals surface area contributed by atoms with E-state index in [4.69, 9.17) is 5.84 Å². The summed E-state index contributed by atoms with van der Waals surface area (Å²) in [4.78, 5) is 16.7. The number of hydrogen-bond donors (Lipinski definition) is 2. The molecule has 0 spiro atoms. The van der Waals surface area contributed by atoms with Gasteiger partial charge in [-0.15, -0.1) is 0 Å². The minimum atomic E-state index is -0.0346. The smallest absolute Gasteiger partial charge is 0.251 e. The van der Waals surface area contributed by atoms with Gasteiger partial charge in [-0.25, -0.2) is 5.84 Å². The van der Waals surface area contributed by atoms with E-state index < -0.39 is 0 Å². The van der Waals surface area contributed by atoms with Crippen molar-refractivity contribution in [1.29, 1.82) is 0 Å². The summed E-state index contributed by atoms with van der Waals surface area (Å²) in [6.07, 6.45) is 5.77. The molecular weight excluding hydrogens is 228 g/mol. The molecule has 18 heavy (non-hydrogen) atoms. The first-order valence-electron chi connectivity index (χ1n) is 7.24. The van der Waals surface area contributed by atoms with Crippen LogP contribution >= 0.6 is 0 Å². The van der Waals surface area contributed by atoms with Gasteiger partial charge in [0.15, 0.2) is 0 Å². The molecular formula is C13H26N4O. The molecule has 0 aromatic rings. The van der Waals surface area contributed by atoms with Gasteiger partial charge in [-0.3, -0.25) is 20.0 Å². The molecule has 1 amide bonds. The highest BCUT2D eigenvalue weighted by molar-refractivity contribution is 5.81. The van der Waals surface area contributed by atoms with Crippen LogP contribution in [0.15, 0.2) is 0 Å². The molecule has 0 aromatic carbocycles. The third-order valence-corrected chi connectivity index (χ3v) is 4.30. The first-order valence-corrected chi connectivity index (χ1v) is 7.24. The fourth-order valence-corrected chi connectivity index (χ4v) is 3.31. The van der Waals surface area contributed by atoms with Gasteiger partial charge in [0.2, 0.25) is 0 Å². The Hall–Kier alpha value is -0.650. The summed E-state index contributed by atoms with van der Waals surface area (Å²) in [5, 5.41) is 0. The number of nitrogens with two attached hydrogens (primary N) is 1. The van der Waals surface area contributed by atoms with Crippen molar-refractivity contribution in [1.82, 2.24) is 15.2 Å². The molecule has 0 saturated carbocycles. The van der Waals surface area contributed by atoms with Crippen LogP contribution in [0.2, 0.25) is 0 Å². The Morgan fingerprint density at radius 1 is 1.39 bits per heavy atom. The first kappa shape index (κ1) is 13.8. The molecule has 2 fully saturated rings. The lowest BCUT2D eigenvalue weighted by molar-refractivity contribution is -0.126. The Bertz CT molecular complexity index is 278. The average Bonchev–Trinajstić information content (AvgIpc) is 3.04. The third-order valence-electron chi connectivity index (χ3n) is 4.30. The van der Waals surface area contributed by atoms with E-state index in [1.807, 2.05) is 0 Å². The van der Waals surface area contributed by atoms with Crippen LogP contribution in [0.3, 0.4) is 0 Å². The van der Waals surface area contributed by atoms with Gasteiger partial charge in [0.05, 0.1) is 6.04 Å². The van der Waals surface area contributed by atoms with Crippen molar-refractivity contribution >= 4 is 5.91 Å². The van der Waals surface area contributed by atoms with E-state index in [0.29, 0.717) is 6.04 Å². The lowest BCUT2D eigenvalue weighted by Gasteiger charge is -2.28. The van der Waals surface area contributed by atoms with Crippen molar-refractivity contribution in [2.75, 3.05) is 26.2 Å². The van der Waals surface area contributed by atoms with Crippen molar-refractivity contribution in [3.05, 3.63) is 0 Å². The molecule has 2 rings (SSSR count). The largest absolute Gasteiger partial charge is 0.299 e. The number of rotatable bonds is 5. The van der Waals surface area contributed by atoms with Crippen LogP contribution in [0.4, 0.5) is 0 Å². The zero-order valence-corrected chi connectivity index (χ0v) is 11.4. The van der Waals surface area contributed by atoms with Crippen molar-refractivity contribution in [2.24, 2.45) is 5.84 Å². The molecule has 0 radical (unpaired) electrons. The zero-order chi connectivity index (χ0) is 13.0. The molecule has 2 unspecified atom stereocenters. The molecule has 2 aliphatic heterocycles. The molecule has 0 aromatic heterocycles. The van der Waals surface area contributed by atoms with Crippen molar-refractivity contribution in [3.63, 3.8) is 0 Å².